The summed E-state index contributed by atoms with van der Waals surface area (Å²) >= 11 is 13.2. The zero-order valence-corrected chi connectivity index (χ0v) is 19.3. The second kappa shape index (κ2) is 8.97. The number of aryl methyl sites for hydroxylation is 1. The minimum absolute atomic E-state index is 0.0750. The lowest BCUT2D eigenvalue weighted by molar-refractivity contribution is -0.116. The van der Waals surface area contributed by atoms with Gasteiger partial charge in [-0.25, -0.2) is 8.42 Å². The molecule has 3 rings (SSSR count). The normalized spacial score (nSPS) is 11.6. The van der Waals surface area contributed by atoms with E-state index in [-0.39, 0.29) is 40.9 Å². The number of hydrogen-bond donors (Lipinski definition) is 1. The molecule has 0 aliphatic heterocycles. The van der Waals surface area contributed by atoms with E-state index in [1.165, 1.54) is 12.1 Å². The molecule has 7 nitrogen and oxygen atoms in total. The fourth-order valence-electron chi connectivity index (χ4n) is 2.96. The maximum atomic E-state index is 12.3. The van der Waals surface area contributed by atoms with Crippen LogP contribution in [-0.2, 0) is 21.9 Å². The molecule has 1 heterocycles. The minimum atomic E-state index is -3.61. The predicted molar refractivity (Wildman–Crippen MR) is 124 cm³/mol. The van der Waals surface area contributed by atoms with Crippen molar-refractivity contribution in [3.63, 3.8) is 0 Å². The van der Waals surface area contributed by atoms with Crippen LogP contribution in [0.25, 0.3) is 10.2 Å². The lowest BCUT2D eigenvalue weighted by Gasteiger charge is -2.23. The van der Waals surface area contributed by atoms with Crippen LogP contribution < -0.4 is 14.5 Å². The van der Waals surface area contributed by atoms with E-state index in [2.05, 4.69) is 5.32 Å². The number of carbonyl (C=O) groups is 1. The Balaban J connectivity index is 1.66. The van der Waals surface area contributed by atoms with Crippen molar-refractivity contribution in [1.29, 1.82) is 0 Å². The van der Waals surface area contributed by atoms with Gasteiger partial charge in [-0.05, 0) is 42.8 Å². The molecule has 0 saturated carbocycles. The molecule has 30 heavy (non-hydrogen) atoms. The first-order valence-electron chi connectivity index (χ1n) is 8.88. The maximum absolute atomic E-state index is 12.3. The van der Waals surface area contributed by atoms with E-state index in [1.54, 1.807) is 35.9 Å². The van der Waals surface area contributed by atoms with Gasteiger partial charge in [-0.1, -0.05) is 34.5 Å². The van der Waals surface area contributed by atoms with Crippen LogP contribution in [0.3, 0.4) is 0 Å². The molecule has 0 spiro atoms. The summed E-state index contributed by atoms with van der Waals surface area (Å²) in [7, 11) is -1.92. The van der Waals surface area contributed by atoms with Crippen LogP contribution in [0.1, 0.15) is 12.8 Å². The first kappa shape index (κ1) is 22.6. The summed E-state index contributed by atoms with van der Waals surface area (Å²) in [6.07, 6.45) is 1.46. The molecule has 1 aromatic heterocycles. The highest BCUT2D eigenvalue weighted by molar-refractivity contribution is 7.92. The first-order valence-corrected chi connectivity index (χ1v) is 12.3. The smallest absolute Gasteiger partial charge is 0.307 e. The van der Waals surface area contributed by atoms with Crippen LogP contribution in [0.2, 0.25) is 10.0 Å². The lowest BCUT2D eigenvalue weighted by Crippen LogP contribution is -2.31. The summed E-state index contributed by atoms with van der Waals surface area (Å²) < 4.78 is 27.9. The molecule has 0 unspecified atom stereocenters. The second-order valence-electron chi connectivity index (χ2n) is 6.69. The Morgan fingerprint density at radius 1 is 1.20 bits per heavy atom. The van der Waals surface area contributed by atoms with Gasteiger partial charge >= 0.3 is 4.87 Å². The minimum Gasteiger partial charge on any atom is -0.326 e. The van der Waals surface area contributed by atoms with E-state index in [9.17, 15) is 18.0 Å². The number of anilines is 2. The molecule has 3 aromatic rings. The molecular formula is C19H19Cl2N3O4S2. The van der Waals surface area contributed by atoms with Crippen LogP contribution in [0.4, 0.5) is 11.4 Å². The van der Waals surface area contributed by atoms with Gasteiger partial charge in [0, 0.05) is 30.7 Å². The number of fused-ring (bicyclic) bond motifs is 1. The Morgan fingerprint density at radius 3 is 2.63 bits per heavy atom. The quantitative estimate of drug-likeness (QED) is 0.543. The molecule has 0 aliphatic rings. The van der Waals surface area contributed by atoms with E-state index < -0.39 is 10.0 Å². The highest BCUT2D eigenvalue weighted by Crippen LogP contribution is 2.31. The zero-order chi connectivity index (χ0) is 22.1. The highest BCUT2D eigenvalue weighted by Gasteiger charge is 2.20. The summed E-state index contributed by atoms with van der Waals surface area (Å²) in [5.74, 6) is -0.261. The zero-order valence-electron chi connectivity index (χ0n) is 16.2. The van der Waals surface area contributed by atoms with Crippen molar-refractivity contribution >= 4 is 72.1 Å². The van der Waals surface area contributed by atoms with Crippen molar-refractivity contribution in [1.82, 2.24) is 4.57 Å². The fourth-order valence-corrected chi connectivity index (χ4v) is 5.28. The van der Waals surface area contributed by atoms with Crippen LogP contribution in [0.5, 0.6) is 0 Å². The summed E-state index contributed by atoms with van der Waals surface area (Å²) in [6, 6.07) is 9.81. The second-order valence-corrected chi connectivity index (χ2v) is 10.4. The van der Waals surface area contributed by atoms with Crippen molar-refractivity contribution in [2.24, 2.45) is 7.05 Å². The average Bonchev–Trinajstić information content (AvgIpc) is 2.93. The summed E-state index contributed by atoms with van der Waals surface area (Å²) in [5.41, 5.74) is 1.65. The van der Waals surface area contributed by atoms with E-state index in [0.717, 1.165) is 32.1 Å². The molecule has 2 aromatic carbocycles. The maximum Gasteiger partial charge on any atom is 0.307 e. The van der Waals surface area contributed by atoms with E-state index in [1.807, 2.05) is 0 Å². The number of halogens is 2. The molecule has 0 atom stereocenters. The number of amides is 1. The third kappa shape index (κ3) is 5.15. The number of thiazole rings is 1. The number of carbonyl (C=O) groups excluding carboxylic acids is 1. The molecule has 1 amide bonds. The van der Waals surface area contributed by atoms with Crippen LogP contribution in [0, 0.1) is 0 Å². The number of aromatic nitrogens is 1. The fraction of sp³-hybridized carbons (Fsp3) is 0.263. The largest absolute Gasteiger partial charge is 0.326 e. The van der Waals surface area contributed by atoms with Gasteiger partial charge in [0.25, 0.3) is 0 Å². The molecular weight excluding hydrogens is 469 g/mol. The van der Waals surface area contributed by atoms with Crippen LogP contribution in [-0.4, -0.2) is 31.7 Å². The monoisotopic (exact) mass is 487 g/mol. The Labute approximate surface area is 187 Å². The number of rotatable bonds is 7. The summed E-state index contributed by atoms with van der Waals surface area (Å²) in [5, 5.41) is 3.39. The van der Waals surface area contributed by atoms with Gasteiger partial charge in [0.15, 0.2) is 0 Å². The van der Waals surface area contributed by atoms with Crippen molar-refractivity contribution < 1.29 is 13.2 Å². The molecule has 160 valence electrons. The predicted octanol–water partition coefficient (Wildman–Crippen LogP) is 4.09. The van der Waals surface area contributed by atoms with Gasteiger partial charge in [-0.15, -0.1) is 0 Å². The Morgan fingerprint density at radius 2 is 1.93 bits per heavy atom. The number of nitrogens with zero attached hydrogens (tertiary/aromatic N) is 2. The SMILES string of the molecule is Cn1c(=O)sc2cc(NC(=O)CCCN(c3cc(Cl)ccc3Cl)S(C)(=O)=O)ccc21. The molecule has 0 bridgehead atoms. The van der Waals surface area contributed by atoms with Crippen molar-refractivity contribution in [3.05, 3.63) is 56.1 Å². The molecule has 1 N–H and O–H groups in total. The van der Waals surface area contributed by atoms with Crippen molar-refractivity contribution in [3.8, 4) is 0 Å². The summed E-state index contributed by atoms with van der Waals surface area (Å²) in [4.78, 5) is 24.0. The molecule has 0 aliphatic carbocycles. The van der Waals surface area contributed by atoms with E-state index in [4.69, 9.17) is 23.2 Å². The van der Waals surface area contributed by atoms with E-state index >= 15 is 0 Å². The first-order chi connectivity index (χ1) is 14.1. The van der Waals surface area contributed by atoms with Gasteiger partial charge in [0.05, 0.1) is 27.2 Å². The number of sulfonamides is 1. The number of benzene rings is 2. The highest BCUT2D eigenvalue weighted by atomic mass is 35.5. The Hall–Kier alpha value is -2.07. The van der Waals surface area contributed by atoms with Gasteiger partial charge in [-0.2, -0.15) is 0 Å². The standard InChI is InChI=1S/C19H19Cl2N3O4S2/c1-23-15-8-6-13(11-17(15)29-19(23)26)22-18(25)4-3-9-24(30(2,27)28)16-10-12(20)5-7-14(16)21/h5-8,10-11H,3-4,9H2,1-2H3,(H,22,25). The third-order valence-electron chi connectivity index (χ3n) is 4.42. The van der Waals surface area contributed by atoms with Crippen molar-refractivity contribution in [2.45, 2.75) is 12.8 Å². The average molecular weight is 488 g/mol. The Bertz CT molecular complexity index is 1270. The number of hydrogen-bond acceptors (Lipinski definition) is 5. The number of nitrogens with one attached hydrogen (secondary N) is 1. The van der Waals surface area contributed by atoms with Gasteiger partial charge in [0.1, 0.15) is 0 Å². The van der Waals surface area contributed by atoms with Crippen molar-refractivity contribution in [2.75, 3.05) is 22.4 Å². The van der Waals surface area contributed by atoms with Crippen LogP contribution >= 0.6 is 34.5 Å². The van der Waals surface area contributed by atoms with Gasteiger partial charge in [-0.3, -0.25) is 13.9 Å². The molecule has 11 heteroatoms. The lowest BCUT2D eigenvalue weighted by atomic mass is 10.2. The molecule has 0 radical (unpaired) electrons. The molecule has 0 fully saturated rings. The van der Waals surface area contributed by atoms with Gasteiger partial charge in [0.2, 0.25) is 15.9 Å². The third-order valence-corrected chi connectivity index (χ3v) is 7.15. The van der Waals surface area contributed by atoms with Crippen LogP contribution in [0.15, 0.2) is 41.2 Å². The van der Waals surface area contributed by atoms with E-state index in [0.29, 0.717) is 10.7 Å². The topological polar surface area (TPSA) is 88.5 Å². The van der Waals surface area contributed by atoms with Gasteiger partial charge < -0.3 is 9.88 Å². The molecule has 0 saturated heterocycles. The summed E-state index contributed by atoms with van der Waals surface area (Å²) in [6.45, 7) is 0.0751. The Kier molecular flexibility index (Phi) is 6.76.